The molecule has 0 aliphatic rings. The van der Waals surface area contributed by atoms with Crippen molar-refractivity contribution in [1.82, 2.24) is 0 Å². The highest BCUT2D eigenvalue weighted by Gasteiger charge is 2.13. The van der Waals surface area contributed by atoms with Crippen LogP contribution in [0.15, 0.2) is 0 Å². The van der Waals surface area contributed by atoms with Gasteiger partial charge >= 0.3 is 0 Å². The van der Waals surface area contributed by atoms with E-state index < -0.39 is 0 Å². The number of hydrogen-bond acceptors (Lipinski definition) is 2. The van der Waals surface area contributed by atoms with Crippen LogP contribution in [0.1, 0.15) is 40.0 Å². The summed E-state index contributed by atoms with van der Waals surface area (Å²) in [6, 6.07) is 0. The molecular weight excluding hydrogens is 140 g/mol. The molecule has 0 heterocycles. The molecule has 0 bridgehead atoms. The molecule has 0 aromatic heterocycles. The maximum absolute atomic E-state index is 9.36. The zero-order valence-corrected chi connectivity index (χ0v) is 7.75. The fourth-order valence-electron chi connectivity index (χ4n) is 1.00. The molecule has 0 aromatic rings. The first kappa shape index (κ1) is 10.9. The zero-order chi connectivity index (χ0) is 8.85. The van der Waals surface area contributed by atoms with Gasteiger partial charge in [-0.15, -0.1) is 0 Å². The van der Waals surface area contributed by atoms with Gasteiger partial charge in [0.25, 0.3) is 0 Å². The van der Waals surface area contributed by atoms with Gasteiger partial charge in [0.15, 0.2) is 0 Å². The largest absolute Gasteiger partial charge is 0.393 e. The van der Waals surface area contributed by atoms with Crippen molar-refractivity contribution >= 4 is 0 Å². The number of hydrogen-bond donors (Lipinski definition) is 2. The fraction of sp³-hybridized carbons (Fsp3) is 1.00. The van der Waals surface area contributed by atoms with Crippen molar-refractivity contribution in [3.8, 4) is 0 Å². The molecule has 0 saturated carbocycles. The third-order valence-electron chi connectivity index (χ3n) is 1.91. The summed E-state index contributed by atoms with van der Waals surface area (Å²) in [6.07, 6.45) is 1.62. The number of rotatable bonds is 5. The van der Waals surface area contributed by atoms with Crippen molar-refractivity contribution < 1.29 is 10.2 Å². The Morgan fingerprint density at radius 3 is 2.09 bits per heavy atom. The highest BCUT2D eigenvalue weighted by molar-refractivity contribution is 4.65. The minimum Gasteiger partial charge on any atom is -0.393 e. The molecular formula is C9H20O2. The van der Waals surface area contributed by atoms with Crippen LogP contribution >= 0.6 is 0 Å². The molecule has 0 unspecified atom stereocenters. The first-order valence-electron chi connectivity index (χ1n) is 4.44. The van der Waals surface area contributed by atoms with E-state index in [-0.39, 0.29) is 18.1 Å². The second-order valence-electron chi connectivity index (χ2n) is 3.49. The Bertz CT molecular complexity index is 91.6. The molecule has 0 aromatic carbocycles. The van der Waals surface area contributed by atoms with Crippen molar-refractivity contribution in [2.24, 2.45) is 5.92 Å². The predicted octanol–water partition coefficient (Wildman–Crippen LogP) is 1.55. The van der Waals surface area contributed by atoms with Crippen LogP contribution in [0.5, 0.6) is 0 Å². The van der Waals surface area contributed by atoms with Gasteiger partial charge in [-0.25, -0.2) is 0 Å². The van der Waals surface area contributed by atoms with Crippen LogP contribution in [0.2, 0.25) is 0 Å². The van der Waals surface area contributed by atoms with E-state index in [2.05, 4.69) is 0 Å². The van der Waals surface area contributed by atoms with Crippen LogP contribution in [-0.2, 0) is 0 Å². The summed E-state index contributed by atoms with van der Waals surface area (Å²) in [5.41, 5.74) is 0. The Balaban J connectivity index is 3.48. The number of aliphatic hydroxyl groups is 2. The Kier molecular flexibility index (Phi) is 5.51. The van der Waals surface area contributed by atoms with Crippen molar-refractivity contribution in [2.45, 2.75) is 52.2 Å². The minimum absolute atomic E-state index is 0.251. The smallest absolute Gasteiger partial charge is 0.0587 e. The third kappa shape index (κ3) is 5.22. The summed E-state index contributed by atoms with van der Waals surface area (Å²) in [4.78, 5) is 0. The van der Waals surface area contributed by atoms with Gasteiger partial charge in [0.1, 0.15) is 0 Å². The lowest BCUT2D eigenvalue weighted by Gasteiger charge is -2.17. The maximum atomic E-state index is 9.36. The van der Waals surface area contributed by atoms with E-state index in [1.54, 1.807) is 0 Å². The lowest BCUT2D eigenvalue weighted by Crippen LogP contribution is -2.22. The van der Waals surface area contributed by atoms with Crippen LogP contribution in [0, 0.1) is 5.92 Å². The van der Waals surface area contributed by atoms with Crippen LogP contribution in [0.3, 0.4) is 0 Å². The highest BCUT2D eigenvalue weighted by atomic mass is 16.3. The zero-order valence-electron chi connectivity index (χ0n) is 7.75. The van der Waals surface area contributed by atoms with E-state index in [0.717, 1.165) is 12.8 Å². The lowest BCUT2D eigenvalue weighted by atomic mass is 9.99. The molecule has 0 radical (unpaired) electrons. The van der Waals surface area contributed by atoms with Crippen molar-refractivity contribution in [2.75, 3.05) is 0 Å². The molecule has 68 valence electrons. The van der Waals surface area contributed by atoms with E-state index in [4.69, 9.17) is 0 Å². The molecule has 2 atom stereocenters. The summed E-state index contributed by atoms with van der Waals surface area (Å²) < 4.78 is 0. The van der Waals surface area contributed by atoms with Crippen molar-refractivity contribution in [1.29, 1.82) is 0 Å². The first-order chi connectivity index (χ1) is 5.07. The van der Waals surface area contributed by atoms with Gasteiger partial charge in [0.2, 0.25) is 0 Å². The van der Waals surface area contributed by atoms with Crippen LogP contribution < -0.4 is 0 Å². The molecule has 2 nitrogen and oxygen atoms in total. The molecule has 2 heteroatoms. The van der Waals surface area contributed by atoms with Crippen LogP contribution in [-0.4, -0.2) is 22.4 Å². The van der Waals surface area contributed by atoms with E-state index >= 15 is 0 Å². The molecule has 0 amide bonds. The SMILES string of the molecule is CCC[C@@H](O)C[C@H](O)C(C)C. The molecule has 0 rings (SSSR count). The fourth-order valence-corrected chi connectivity index (χ4v) is 1.00. The van der Waals surface area contributed by atoms with Gasteiger partial charge in [-0.05, 0) is 18.8 Å². The summed E-state index contributed by atoms with van der Waals surface area (Å²) in [6.45, 7) is 5.96. The van der Waals surface area contributed by atoms with E-state index in [0.29, 0.717) is 6.42 Å². The third-order valence-corrected chi connectivity index (χ3v) is 1.91. The first-order valence-corrected chi connectivity index (χ1v) is 4.44. The highest BCUT2D eigenvalue weighted by Crippen LogP contribution is 2.11. The molecule has 2 N–H and O–H groups in total. The Morgan fingerprint density at radius 2 is 1.73 bits per heavy atom. The summed E-state index contributed by atoms with van der Waals surface area (Å²) in [7, 11) is 0. The van der Waals surface area contributed by atoms with Crippen LogP contribution in [0.4, 0.5) is 0 Å². The molecule has 0 spiro atoms. The molecule has 0 aliphatic carbocycles. The quantitative estimate of drug-likeness (QED) is 0.640. The second kappa shape index (κ2) is 5.56. The lowest BCUT2D eigenvalue weighted by molar-refractivity contribution is 0.0497. The minimum atomic E-state index is -0.350. The van der Waals surface area contributed by atoms with E-state index in [1.807, 2.05) is 20.8 Å². The summed E-state index contributed by atoms with van der Waals surface area (Å²) >= 11 is 0. The molecule has 0 saturated heterocycles. The topological polar surface area (TPSA) is 40.5 Å². The molecule has 0 aliphatic heterocycles. The average molecular weight is 160 g/mol. The second-order valence-corrected chi connectivity index (χ2v) is 3.49. The Morgan fingerprint density at radius 1 is 1.18 bits per heavy atom. The summed E-state index contributed by atoms with van der Waals surface area (Å²) in [5, 5.41) is 18.7. The number of aliphatic hydroxyl groups excluding tert-OH is 2. The van der Waals surface area contributed by atoms with E-state index in [1.165, 1.54) is 0 Å². The summed E-state index contributed by atoms with van der Waals surface area (Å²) in [5.74, 6) is 0.251. The van der Waals surface area contributed by atoms with Crippen molar-refractivity contribution in [3.05, 3.63) is 0 Å². The average Bonchev–Trinajstić information content (AvgIpc) is 1.87. The van der Waals surface area contributed by atoms with Crippen molar-refractivity contribution in [3.63, 3.8) is 0 Å². The monoisotopic (exact) mass is 160 g/mol. The van der Waals surface area contributed by atoms with Gasteiger partial charge < -0.3 is 10.2 Å². The van der Waals surface area contributed by atoms with E-state index in [9.17, 15) is 10.2 Å². The van der Waals surface area contributed by atoms with Crippen LogP contribution in [0.25, 0.3) is 0 Å². The van der Waals surface area contributed by atoms with Gasteiger partial charge in [0.05, 0.1) is 12.2 Å². The predicted molar refractivity (Wildman–Crippen MR) is 46.4 cm³/mol. The van der Waals surface area contributed by atoms with Gasteiger partial charge in [-0.2, -0.15) is 0 Å². The van der Waals surface area contributed by atoms with Gasteiger partial charge in [-0.1, -0.05) is 27.2 Å². The maximum Gasteiger partial charge on any atom is 0.0587 e. The Hall–Kier alpha value is -0.0800. The molecule has 11 heavy (non-hydrogen) atoms. The normalized spacial score (nSPS) is 16.9. The standard InChI is InChI=1S/C9H20O2/c1-4-5-8(10)6-9(11)7(2)3/h7-11H,4-6H2,1-3H3/t8-,9+/m1/s1. The van der Waals surface area contributed by atoms with Gasteiger partial charge in [-0.3, -0.25) is 0 Å². The Labute approximate surface area is 69.2 Å². The molecule has 0 fully saturated rings. The van der Waals surface area contributed by atoms with Gasteiger partial charge in [0, 0.05) is 0 Å².